The average molecular weight is 387 g/mol. The number of benzene rings is 1. The molecule has 0 bridgehead atoms. The molecule has 2 aromatic rings. The van der Waals surface area contributed by atoms with Crippen LogP contribution in [0, 0.1) is 0 Å². The van der Waals surface area contributed by atoms with Crippen LogP contribution in [-0.2, 0) is 0 Å². The van der Waals surface area contributed by atoms with Gasteiger partial charge in [-0.1, -0.05) is 34.1 Å². The number of urea groups is 1. The predicted octanol–water partition coefficient (Wildman–Crippen LogP) is 3.35. The van der Waals surface area contributed by atoms with Crippen molar-refractivity contribution >= 4 is 33.9 Å². The molecular formula is C18H19BrN4O. The molecule has 0 spiro atoms. The van der Waals surface area contributed by atoms with Crippen LogP contribution in [0.4, 0.5) is 10.6 Å². The second-order valence-corrected chi connectivity index (χ2v) is 6.42. The van der Waals surface area contributed by atoms with Crippen LogP contribution in [0.15, 0.2) is 59.3 Å². The van der Waals surface area contributed by atoms with Crippen molar-refractivity contribution in [1.82, 2.24) is 15.2 Å². The van der Waals surface area contributed by atoms with E-state index in [0.29, 0.717) is 13.1 Å². The maximum absolute atomic E-state index is 12.2. The lowest BCUT2D eigenvalue weighted by Crippen LogP contribution is -2.51. The Morgan fingerprint density at radius 1 is 1.12 bits per heavy atom. The highest BCUT2D eigenvalue weighted by Crippen LogP contribution is 2.13. The standard InChI is InChI=1S/C18H19BrN4O/c19-16-5-3-4-15(14-16)7-9-21-18(24)23-12-10-22(11-13-23)17-6-1-2-8-20-17/h1-9,14H,10-13H2,(H,21,24)/b9-7+. The number of halogens is 1. The zero-order chi connectivity index (χ0) is 16.8. The summed E-state index contributed by atoms with van der Waals surface area (Å²) in [5, 5.41) is 2.83. The number of nitrogens with zero attached hydrogens (tertiary/aromatic N) is 3. The van der Waals surface area contributed by atoms with Crippen LogP contribution in [0.25, 0.3) is 6.08 Å². The fraction of sp³-hybridized carbons (Fsp3) is 0.222. The molecule has 5 nitrogen and oxygen atoms in total. The Morgan fingerprint density at radius 3 is 2.67 bits per heavy atom. The van der Waals surface area contributed by atoms with Gasteiger partial charge in [-0.15, -0.1) is 0 Å². The zero-order valence-corrected chi connectivity index (χ0v) is 14.8. The summed E-state index contributed by atoms with van der Waals surface area (Å²) in [5.41, 5.74) is 1.03. The van der Waals surface area contributed by atoms with E-state index in [4.69, 9.17) is 0 Å². The maximum Gasteiger partial charge on any atom is 0.321 e. The summed E-state index contributed by atoms with van der Waals surface area (Å²) in [6, 6.07) is 13.7. The van der Waals surface area contributed by atoms with Gasteiger partial charge in [0.1, 0.15) is 5.82 Å². The fourth-order valence-corrected chi connectivity index (χ4v) is 3.01. The molecule has 0 aliphatic carbocycles. The van der Waals surface area contributed by atoms with Gasteiger partial charge in [0.25, 0.3) is 0 Å². The first-order chi connectivity index (χ1) is 11.7. The van der Waals surface area contributed by atoms with Crippen molar-refractivity contribution in [3.63, 3.8) is 0 Å². The third-order valence-electron chi connectivity index (χ3n) is 3.87. The SMILES string of the molecule is O=C(N/C=C/c1cccc(Br)c1)N1CCN(c2ccccn2)CC1. The summed E-state index contributed by atoms with van der Waals surface area (Å²) < 4.78 is 1.02. The van der Waals surface area contributed by atoms with Gasteiger partial charge in [0.2, 0.25) is 0 Å². The molecule has 124 valence electrons. The molecule has 3 rings (SSSR count). The molecular weight excluding hydrogens is 368 g/mol. The molecule has 1 aliphatic rings. The van der Waals surface area contributed by atoms with Crippen molar-refractivity contribution in [2.45, 2.75) is 0 Å². The Labute approximate surface area is 150 Å². The van der Waals surface area contributed by atoms with E-state index in [-0.39, 0.29) is 6.03 Å². The van der Waals surface area contributed by atoms with E-state index in [9.17, 15) is 4.79 Å². The van der Waals surface area contributed by atoms with E-state index in [1.807, 2.05) is 53.4 Å². The van der Waals surface area contributed by atoms with Crippen molar-refractivity contribution in [2.24, 2.45) is 0 Å². The largest absolute Gasteiger partial charge is 0.353 e. The smallest absolute Gasteiger partial charge is 0.321 e. The number of nitrogens with one attached hydrogen (secondary N) is 1. The minimum absolute atomic E-state index is 0.0677. The summed E-state index contributed by atoms with van der Waals surface area (Å²) in [4.78, 5) is 20.6. The Kier molecular flexibility index (Phi) is 5.48. The highest BCUT2D eigenvalue weighted by atomic mass is 79.9. The molecule has 2 heterocycles. The first-order valence-electron chi connectivity index (χ1n) is 7.86. The Balaban J connectivity index is 1.49. The first-order valence-corrected chi connectivity index (χ1v) is 8.65. The lowest BCUT2D eigenvalue weighted by molar-refractivity contribution is 0.198. The summed E-state index contributed by atoms with van der Waals surface area (Å²) in [6.07, 6.45) is 5.36. The van der Waals surface area contributed by atoms with Crippen LogP contribution in [0.3, 0.4) is 0 Å². The van der Waals surface area contributed by atoms with E-state index in [0.717, 1.165) is 28.9 Å². The lowest BCUT2D eigenvalue weighted by Gasteiger charge is -2.35. The number of carbonyl (C=O) groups excluding carboxylic acids is 1. The van der Waals surface area contributed by atoms with Gasteiger partial charge in [-0.25, -0.2) is 9.78 Å². The molecule has 0 atom stereocenters. The van der Waals surface area contributed by atoms with Crippen LogP contribution in [-0.4, -0.2) is 42.1 Å². The van der Waals surface area contributed by atoms with Crippen LogP contribution in [0.2, 0.25) is 0 Å². The second-order valence-electron chi connectivity index (χ2n) is 5.50. The summed E-state index contributed by atoms with van der Waals surface area (Å²) in [5.74, 6) is 0.965. The third kappa shape index (κ3) is 4.35. The number of rotatable bonds is 3. The monoisotopic (exact) mass is 386 g/mol. The minimum atomic E-state index is -0.0677. The van der Waals surface area contributed by atoms with E-state index in [1.54, 1.807) is 12.4 Å². The molecule has 0 radical (unpaired) electrons. The van der Waals surface area contributed by atoms with Crippen LogP contribution in [0.1, 0.15) is 5.56 Å². The number of hydrogen-bond acceptors (Lipinski definition) is 3. The number of amides is 2. The molecule has 1 N–H and O–H groups in total. The second kappa shape index (κ2) is 7.97. The van der Waals surface area contributed by atoms with Crippen LogP contribution in [0.5, 0.6) is 0 Å². The van der Waals surface area contributed by atoms with Gasteiger partial charge in [-0.3, -0.25) is 0 Å². The van der Waals surface area contributed by atoms with Crippen LogP contribution >= 0.6 is 15.9 Å². The summed E-state index contributed by atoms with van der Waals surface area (Å²) >= 11 is 3.43. The van der Waals surface area contributed by atoms with Gasteiger partial charge in [0.05, 0.1) is 0 Å². The molecule has 2 amide bonds. The van der Waals surface area contributed by atoms with Crippen molar-refractivity contribution in [1.29, 1.82) is 0 Å². The van der Waals surface area contributed by atoms with Crippen molar-refractivity contribution < 1.29 is 4.79 Å². The van der Waals surface area contributed by atoms with Gasteiger partial charge < -0.3 is 15.1 Å². The molecule has 24 heavy (non-hydrogen) atoms. The molecule has 6 heteroatoms. The number of aromatic nitrogens is 1. The van der Waals surface area contributed by atoms with E-state index in [1.165, 1.54) is 0 Å². The molecule has 0 saturated carbocycles. The summed E-state index contributed by atoms with van der Waals surface area (Å²) in [7, 11) is 0. The van der Waals surface area contributed by atoms with Gasteiger partial charge in [0.15, 0.2) is 0 Å². The summed E-state index contributed by atoms with van der Waals surface area (Å²) in [6.45, 7) is 2.96. The highest BCUT2D eigenvalue weighted by molar-refractivity contribution is 9.10. The number of pyridine rings is 1. The van der Waals surface area contributed by atoms with Gasteiger partial charge >= 0.3 is 6.03 Å². The Hall–Kier alpha value is -2.34. The zero-order valence-electron chi connectivity index (χ0n) is 13.2. The third-order valence-corrected chi connectivity index (χ3v) is 4.36. The van der Waals surface area contributed by atoms with E-state index >= 15 is 0 Å². The normalized spacial score (nSPS) is 14.9. The molecule has 1 saturated heterocycles. The van der Waals surface area contributed by atoms with Crippen molar-refractivity contribution in [3.8, 4) is 0 Å². The van der Waals surface area contributed by atoms with Crippen molar-refractivity contribution in [3.05, 3.63) is 64.9 Å². The fourth-order valence-electron chi connectivity index (χ4n) is 2.59. The number of carbonyl (C=O) groups is 1. The first kappa shape index (κ1) is 16.5. The Morgan fingerprint density at radius 2 is 1.96 bits per heavy atom. The van der Waals surface area contributed by atoms with Gasteiger partial charge in [0, 0.05) is 43.0 Å². The average Bonchev–Trinajstić information content (AvgIpc) is 2.63. The maximum atomic E-state index is 12.2. The highest BCUT2D eigenvalue weighted by Gasteiger charge is 2.20. The number of hydrogen-bond donors (Lipinski definition) is 1. The van der Waals surface area contributed by atoms with E-state index < -0.39 is 0 Å². The Bertz CT molecular complexity index is 712. The minimum Gasteiger partial charge on any atom is -0.353 e. The number of anilines is 1. The predicted molar refractivity (Wildman–Crippen MR) is 99.7 cm³/mol. The topological polar surface area (TPSA) is 48.5 Å². The number of piperazine rings is 1. The van der Waals surface area contributed by atoms with E-state index in [2.05, 4.69) is 31.1 Å². The molecule has 1 fully saturated rings. The molecule has 1 aromatic heterocycles. The van der Waals surface area contributed by atoms with Crippen LogP contribution < -0.4 is 10.2 Å². The molecule has 1 aliphatic heterocycles. The molecule has 1 aromatic carbocycles. The van der Waals surface area contributed by atoms with Gasteiger partial charge in [-0.05, 0) is 35.9 Å². The molecule has 0 unspecified atom stereocenters. The lowest BCUT2D eigenvalue weighted by atomic mass is 10.2. The van der Waals surface area contributed by atoms with Crippen molar-refractivity contribution in [2.75, 3.05) is 31.1 Å². The van der Waals surface area contributed by atoms with Gasteiger partial charge in [-0.2, -0.15) is 0 Å². The quantitative estimate of drug-likeness (QED) is 0.879.